The summed E-state index contributed by atoms with van der Waals surface area (Å²) in [5, 5.41) is 3.87. The van der Waals surface area contributed by atoms with E-state index in [9.17, 15) is 9.59 Å². The van der Waals surface area contributed by atoms with E-state index in [-0.39, 0.29) is 5.91 Å². The molecular weight excluding hydrogens is 336 g/mol. The van der Waals surface area contributed by atoms with Crippen molar-refractivity contribution < 1.29 is 14.3 Å². The number of thiazole rings is 1. The first-order chi connectivity index (χ1) is 11.0. The van der Waals surface area contributed by atoms with E-state index in [0.29, 0.717) is 21.5 Å². The van der Waals surface area contributed by atoms with Crippen molar-refractivity contribution in [3.8, 4) is 5.75 Å². The highest BCUT2D eigenvalue weighted by molar-refractivity contribution is 7.22. The average molecular weight is 347 g/mol. The van der Waals surface area contributed by atoms with Gasteiger partial charge in [-0.15, -0.1) is 0 Å². The van der Waals surface area contributed by atoms with E-state index < -0.39 is 5.97 Å². The van der Waals surface area contributed by atoms with Gasteiger partial charge in [-0.05, 0) is 42.5 Å². The average Bonchev–Trinajstić information content (AvgIpc) is 2.88. The van der Waals surface area contributed by atoms with Gasteiger partial charge in [0, 0.05) is 17.5 Å². The molecule has 5 nitrogen and oxygen atoms in total. The summed E-state index contributed by atoms with van der Waals surface area (Å²) in [6.07, 6.45) is 0. The Morgan fingerprint density at radius 3 is 2.61 bits per heavy atom. The summed E-state index contributed by atoms with van der Waals surface area (Å²) in [4.78, 5) is 27.4. The first-order valence-electron chi connectivity index (χ1n) is 6.67. The van der Waals surface area contributed by atoms with E-state index in [1.807, 2.05) is 0 Å². The lowest BCUT2D eigenvalue weighted by Crippen LogP contribution is -2.11. The Morgan fingerprint density at radius 2 is 1.91 bits per heavy atom. The van der Waals surface area contributed by atoms with Crippen LogP contribution >= 0.6 is 22.9 Å². The SMILES string of the molecule is CC(=O)Oc1ccc(C(=O)Nc2nc3ccc(Cl)cc3s2)cc1. The number of anilines is 1. The number of aromatic nitrogens is 1. The molecule has 3 aromatic rings. The summed E-state index contributed by atoms with van der Waals surface area (Å²) in [5.74, 6) is -0.302. The van der Waals surface area contributed by atoms with E-state index in [4.69, 9.17) is 16.3 Å². The molecule has 0 aliphatic carbocycles. The van der Waals surface area contributed by atoms with E-state index in [0.717, 1.165) is 10.2 Å². The summed E-state index contributed by atoms with van der Waals surface area (Å²) in [6, 6.07) is 11.7. The van der Waals surface area contributed by atoms with Crippen molar-refractivity contribution in [1.82, 2.24) is 4.98 Å². The third kappa shape index (κ3) is 3.67. The van der Waals surface area contributed by atoms with Gasteiger partial charge in [0.25, 0.3) is 5.91 Å². The van der Waals surface area contributed by atoms with E-state index in [1.54, 1.807) is 42.5 Å². The minimum atomic E-state index is -0.407. The zero-order chi connectivity index (χ0) is 16.4. The molecule has 0 atom stereocenters. The van der Waals surface area contributed by atoms with Crippen LogP contribution in [-0.4, -0.2) is 16.9 Å². The third-order valence-electron chi connectivity index (χ3n) is 2.95. The predicted octanol–water partition coefficient (Wildman–Crippen LogP) is 4.13. The van der Waals surface area contributed by atoms with Gasteiger partial charge in [-0.2, -0.15) is 0 Å². The highest BCUT2D eigenvalue weighted by Crippen LogP contribution is 2.28. The number of hydrogen-bond donors (Lipinski definition) is 1. The molecule has 23 heavy (non-hydrogen) atoms. The monoisotopic (exact) mass is 346 g/mol. The van der Waals surface area contributed by atoms with Crippen LogP contribution in [0.4, 0.5) is 5.13 Å². The van der Waals surface area contributed by atoms with Crippen LogP contribution in [0.5, 0.6) is 5.75 Å². The lowest BCUT2D eigenvalue weighted by molar-refractivity contribution is -0.131. The Morgan fingerprint density at radius 1 is 1.17 bits per heavy atom. The fraction of sp³-hybridized carbons (Fsp3) is 0.0625. The number of carbonyl (C=O) groups is 2. The minimum Gasteiger partial charge on any atom is -0.427 e. The number of amides is 1. The van der Waals surface area contributed by atoms with Crippen LogP contribution in [0.25, 0.3) is 10.2 Å². The second-order valence-electron chi connectivity index (χ2n) is 4.70. The maximum absolute atomic E-state index is 12.2. The van der Waals surface area contributed by atoms with Gasteiger partial charge < -0.3 is 4.74 Å². The van der Waals surface area contributed by atoms with Gasteiger partial charge in [0.15, 0.2) is 5.13 Å². The first kappa shape index (κ1) is 15.5. The molecule has 0 saturated carbocycles. The topological polar surface area (TPSA) is 68.3 Å². The standard InChI is InChI=1S/C16H11ClN2O3S/c1-9(20)22-12-5-2-10(3-6-12)15(21)19-16-18-13-7-4-11(17)8-14(13)23-16/h2-8H,1H3,(H,18,19,21). The molecule has 0 unspecified atom stereocenters. The Hall–Kier alpha value is -2.44. The molecule has 0 radical (unpaired) electrons. The molecule has 0 bridgehead atoms. The molecule has 0 saturated heterocycles. The molecule has 1 N–H and O–H groups in total. The van der Waals surface area contributed by atoms with Crippen molar-refractivity contribution in [2.75, 3.05) is 5.32 Å². The molecule has 1 amide bonds. The van der Waals surface area contributed by atoms with Gasteiger partial charge in [-0.1, -0.05) is 22.9 Å². The zero-order valence-corrected chi connectivity index (χ0v) is 13.6. The Balaban J connectivity index is 1.75. The summed E-state index contributed by atoms with van der Waals surface area (Å²) >= 11 is 7.29. The van der Waals surface area contributed by atoms with Crippen molar-refractivity contribution >= 4 is 50.2 Å². The summed E-state index contributed by atoms with van der Waals surface area (Å²) in [5.41, 5.74) is 1.22. The van der Waals surface area contributed by atoms with Crippen LogP contribution in [0.1, 0.15) is 17.3 Å². The Bertz CT molecular complexity index is 890. The Labute approximate surface area is 140 Å². The quantitative estimate of drug-likeness (QED) is 0.572. The number of halogens is 1. The number of hydrogen-bond acceptors (Lipinski definition) is 5. The molecule has 2 aromatic carbocycles. The molecule has 0 spiro atoms. The van der Waals surface area contributed by atoms with Crippen LogP contribution in [0, 0.1) is 0 Å². The second kappa shape index (κ2) is 6.36. The fourth-order valence-electron chi connectivity index (χ4n) is 1.96. The molecular formula is C16H11ClN2O3S. The maximum Gasteiger partial charge on any atom is 0.308 e. The highest BCUT2D eigenvalue weighted by Gasteiger charge is 2.10. The molecule has 1 aromatic heterocycles. The Kier molecular flexibility index (Phi) is 4.27. The van der Waals surface area contributed by atoms with Crippen LogP contribution in [-0.2, 0) is 4.79 Å². The largest absolute Gasteiger partial charge is 0.427 e. The number of ether oxygens (including phenoxy) is 1. The summed E-state index contributed by atoms with van der Waals surface area (Å²) in [6.45, 7) is 1.32. The number of nitrogens with one attached hydrogen (secondary N) is 1. The molecule has 7 heteroatoms. The van der Waals surface area contributed by atoms with Crippen molar-refractivity contribution in [2.24, 2.45) is 0 Å². The van der Waals surface area contributed by atoms with Gasteiger partial charge in [0.2, 0.25) is 0 Å². The van der Waals surface area contributed by atoms with Crippen molar-refractivity contribution in [2.45, 2.75) is 6.92 Å². The molecule has 0 aliphatic heterocycles. The predicted molar refractivity (Wildman–Crippen MR) is 90.3 cm³/mol. The zero-order valence-electron chi connectivity index (χ0n) is 12.0. The number of nitrogens with zero attached hydrogens (tertiary/aromatic N) is 1. The lowest BCUT2D eigenvalue weighted by atomic mass is 10.2. The normalized spacial score (nSPS) is 10.5. The summed E-state index contributed by atoms with van der Waals surface area (Å²) < 4.78 is 5.83. The van der Waals surface area contributed by atoms with E-state index >= 15 is 0 Å². The molecule has 1 heterocycles. The van der Waals surface area contributed by atoms with Crippen LogP contribution in [0.3, 0.4) is 0 Å². The van der Waals surface area contributed by atoms with E-state index in [2.05, 4.69) is 10.3 Å². The van der Waals surface area contributed by atoms with Gasteiger partial charge in [0.1, 0.15) is 5.75 Å². The van der Waals surface area contributed by atoms with Gasteiger partial charge in [-0.25, -0.2) is 4.98 Å². The number of benzene rings is 2. The fourth-order valence-corrected chi connectivity index (χ4v) is 3.10. The number of rotatable bonds is 3. The smallest absolute Gasteiger partial charge is 0.308 e. The molecule has 0 aliphatic rings. The minimum absolute atomic E-state index is 0.287. The molecule has 116 valence electrons. The van der Waals surface area contributed by atoms with Gasteiger partial charge >= 0.3 is 5.97 Å². The maximum atomic E-state index is 12.2. The van der Waals surface area contributed by atoms with Gasteiger partial charge in [0.05, 0.1) is 10.2 Å². The van der Waals surface area contributed by atoms with E-state index in [1.165, 1.54) is 18.3 Å². The third-order valence-corrected chi connectivity index (χ3v) is 4.12. The van der Waals surface area contributed by atoms with Crippen LogP contribution in [0.2, 0.25) is 5.02 Å². The van der Waals surface area contributed by atoms with Crippen molar-refractivity contribution in [3.63, 3.8) is 0 Å². The number of fused-ring (bicyclic) bond motifs is 1. The first-order valence-corrected chi connectivity index (χ1v) is 7.86. The number of esters is 1. The second-order valence-corrected chi connectivity index (χ2v) is 6.17. The van der Waals surface area contributed by atoms with Crippen LogP contribution in [0.15, 0.2) is 42.5 Å². The van der Waals surface area contributed by atoms with Gasteiger partial charge in [-0.3, -0.25) is 14.9 Å². The van der Waals surface area contributed by atoms with Crippen molar-refractivity contribution in [1.29, 1.82) is 0 Å². The molecule has 0 fully saturated rings. The lowest BCUT2D eigenvalue weighted by Gasteiger charge is -2.03. The summed E-state index contributed by atoms with van der Waals surface area (Å²) in [7, 11) is 0. The highest BCUT2D eigenvalue weighted by atomic mass is 35.5. The van der Waals surface area contributed by atoms with Crippen LogP contribution < -0.4 is 10.1 Å². The molecule has 3 rings (SSSR count). The van der Waals surface area contributed by atoms with Crippen molar-refractivity contribution in [3.05, 3.63) is 53.1 Å². The number of carbonyl (C=O) groups excluding carboxylic acids is 2.